The Kier molecular flexibility index (Phi) is 5.69. The molecule has 0 aliphatic carbocycles. The summed E-state index contributed by atoms with van der Waals surface area (Å²) < 4.78 is 6.68. The summed E-state index contributed by atoms with van der Waals surface area (Å²) in [6, 6.07) is 4.77. The maximum atomic E-state index is 13.0. The molecule has 3 amide bonds. The smallest absolute Gasteiger partial charge is 0.308 e. The number of thioether (sulfide) groups is 1. The third-order valence-corrected chi connectivity index (χ3v) is 9.07. The lowest BCUT2D eigenvalue weighted by Gasteiger charge is -2.31. The Bertz CT molecular complexity index is 1200. The molecule has 2 N–H and O–H groups in total. The fourth-order valence-electron chi connectivity index (χ4n) is 4.80. The van der Waals surface area contributed by atoms with Crippen molar-refractivity contribution in [3.8, 4) is 11.5 Å². The molecule has 2 aromatic rings. The Hall–Kier alpha value is -2.79. The number of fused-ring (bicyclic) bond motifs is 2. The van der Waals surface area contributed by atoms with Crippen LogP contribution in [0.4, 0.5) is 0 Å². The number of imide groups is 1. The number of likely N-dealkylation sites (tertiary alicyclic amines) is 1. The molecule has 0 radical (unpaired) electrons. The molecule has 33 heavy (non-hydrogen) atoms. The van der Waals surface area contributed by atoms with Crippen LogP contribution in [0.5, 0.6) is 11.5 Å². The Morgan fingerprint density at radius 3 is 2.67 bits per heavy atom. The molecule has 5 rings (SSSR count). The molecular formula is C22H23N3O6S2. The van der Waals surface area contributed by atoms with Crippen LogP contribution in [0, 0.1) is 5.92 Å². The van der Waals surface area contributed by atoms with E-state index in [9.17, 15) is 24.3 Å². The third kappa shape index (κ3) is 3.72. The molecule has 2 saturated heterocycles. The van der Waals surface area contributed by atoms with Crippen LogP contribution in [0.2, 0.25) is 0 Å². The Morgan fingerprint density at radius 2 is 1.94 bits per heavy atom. The lowest BCUT2D eigenvalue weighted by molar-refractivity contribution is -0.133. The molecule has 9 nitrogen and oxygen atoms in total. The van der Waals surface area contributed by atoms with Gasteiger partial charge in [-0.1, -0.05) is 29.2 Å². The van der Waals surface area contributed by atoms with Gasteiger partial charge in [0, 0.05) is 23.9 Å². The molecular weight excluding hydrogens is 466 g/mol. The number of hydrogen-bond acceptors (Lipinski definition) is 8. The highest BCUT2D eigenvalue weighted by Gasteiger charge is 2.53. The van der Waals surface area contributed by atoms with Gasteiger partial charge >= 0.3 is 4.87 Å². The quantitative estimate of drug-likeness (QED) is 0.625. The number of rotatable bonds is 4. The van der Waals surface area contributed by atoms with E-state index >= 15 is 0 Å². The fourth-order valence-corrected chi connectivity index (χ4v) is 7.54. The van der Waals surface area contributed by atoms with E-state index in [0.29, 0.717) is 28.6 Å². The number of nitrogens with one attached hydrogen (secondary N) is 1. The van der Waals surface area contributed by atoms with Gasteiger partial charge in [-0.2, -0.15) is 0 Å². The van der Waals surface area contributed by atoms with Crippen molar-refractivity contribution in [3.63, 3.8) is 0 Å². The minimum Gasteiger partial charge on any atom is -0.504 e. The number of benzene rings is 1. The first-order valence-corrected chi connectivity index (χ1v) is 12.5. The number of amides is 3. The Labute approximate surface area is 197 Å². The molecule has 3 unspecified atom stereocenters. The summed E-state index contributed by atoms with van der Waals surface area (Å²) in [5, 5.41) is 12.3. The molecule has 3 aliphatic rings. The van der Waals surface area contributed by atoms with Gasteiger partial charge in [0.25, 0.3) is 0 Å². The van der Waals surface area contributed by atoms with Gasteiger partial charge in [0.15, 0.2) is 11.5 Å². The first-order valence-electron chi connectivity index (χ1n) is 10.8. The summed E-state index contributed by atoms with van der Waals surface area (Å²) in [4.78, 5) is 53.4. The number of phenols is 1. The molecule has 174 valence electrons. The molecule has 3 aliphatic heterocycles. The van der Waals surface area contributed by atoms with Crippen LogP contribution in [0.25, 0.3) is 0 Å². The molecule has 0 spiro atoms. The van der Waals surface area contributed by atoms with E-state index in [1.54, 1.807) is 17.0 Å². The number of thiazole rings is 1. The number of methoxy groups -OCH3 is 1. The maximum absolute atomic E-state index is 13.0. The fraction of sp³-hybridized carbons (Fsp3) is 0.455. The standard InChI is InChI=1S/C22H23N3O6S2/c1-31-13-9-11(5-6-12(13)26)15-16-17(20(29)23-19(16)28)32-21-18(15)33-22(30)25(21)10-14(27)24-7-3-2-4-8-24/h5-6,9,15-17,26H,2-4,7-8,10H2,1H3,(H,23,28,29). The molecule has 3 atom stereocenters. The van der Waals surface area contributed by atoms with Gasteiger partial charge in [0.2, 0.25) is 17.7 Å². The van der Waals surface area contributed by atoms with Crippen molar-refractivity contribution in [1.29, 1.82) is 0 Å². The maximum Gasteiger partial charge on any atom is 0.308 e. The number of hydrogen-bond donors (Lipinski definition) is 2. The number of phenolic OH excluding ortho intramolecular Hbond substituents is 1. The highest BCUT2D eigenvalue weighted by Crippen LogP contribution is 2.52. The van der Waals surface area contributed by atoms with Gasteiger partial charge in [0.05, 0.1) is 18.1 Å². The topological polar surface area (TPSA) is 118 Å². The minimum absolute atomic E-state index is 0.0481. The highest BCUT2D eigenvalue weighted by atomic mass is 32.2. The second-order valence-corrected chi connectivity index (χ2v) is 10.5. The number of piperidine rings is 1. The van der Waals surface area contributed by atoms with E-state index in [4.69, 9.17) is 4.74 Å². The van der Waals surface area contributed by atoms with Crippen molar-refractivity contribution in [2.75, 3.05) is 20.2 Å². The summed E-state index contributed by atoms with van der Waals surface area (Å²) in [7, 11) is 1.43. The average Bonchev–Trinajstić information content (AvgIpc) is 3.28. The largest absolute Gasteiger partial charge is 0.504 e. The van der Waals surface area contributed by atoms with Crippen LogP contribution in [0.3, 0.4) is 0 Å². The molecule has 4 heterocycles. The lowest BCUT2D eigenvalue weighted by Crippen LogP contribution is -2.39. The summed E-state index contributed by atoms with van der Waals surface area (Å²) in [6.45, 7) is 1.28. The van der Waals surface area contributed by atoms with Gasteiger partial charge < -0.3 is 14.7 Å². The number of carbonyl (C=O) groups excluding carboxylic acids is 3. The van der Waals surface area contributed by atoms with Crippen molar-refractivity contribution in [1.82, 2.24) is 14.8 Å². The van der Waals surface area contributed by atoms with Gasteiger partial charge in [-0.15, -0.1) is 0 Å². The zero-order valence-electron chi connectivity index (χ0n) is 17.9. The van der Waals surface area contributed by atoms with Crippen LogP contribution in [-0.2, 0) is 20.9 Å². The molecule has 0 bridgehead atoms. The third-order valence-electron chi connectivity index (χ3n) is 6.45. The summed E-state index contributed by atoms with van der Waals surface area (Å²) in [5.41, 5.74) is 0.654. The first kappa shape index (κ1) is 22.0. The second kappa shape index (κ2) is 8.53. The average molecular weight is 490 g/mol. The van der Waals surface area contributed by atoms with E-state index in [1.807, 2.05) is 0 Å². The van der Waals surface area contributed by atoms with Crippen LogP contribution < -0.4 is 14.9 Å². The molecule has 2 fully saturated rings. The summed E-state index contributed by atoms with van der Waals surface area (Å²) >= 11 is 2.18. The first-order chi connectivity index (χ1) is 15.9. The molecule has 11 heteroatoms. The van der Waals surface area contributed by atoms with Crippen LogP contribution in [0.15, 0.2) is 28.0 Å². The highest BCUT2D eigenvalue weighted by molar-refractivity contribution is 8.00. The number of aromatic hydroxyl groups is 1. The Morgan fingerprint density at radius 1 is 1.18 bits per heavy atom. The predicted molar refractivity (Wildman–Crippen MR) is 122 cm³/mol. The number of nitrogens with zero attached hydrogens (tertiary/aromatic N) is 2. The van der Waals surface area contributed by atoms with Crippen molar-refractivity contribution < 1.29 is 24.2 Å². The monoisotopic (exact) mass is 489 g/mol. The Balaban J connectivity index is 1.58. The zero-order chi connectivity index (χ0) is 23.3. The second-order valence-electron chi connectivity index (χ2n) is 8.39. The van der Waals surface area contributed by atoms with Gasteiger partial charge in [-0.05, 0) is 37.0 Å². The molecule has 1 aromatic carbocycles. The number of aromatic nitrogens is 1. The lowest BCUT2D eigenvalue weighted by atomic mass is 9.83. The summed E-state index contributed by atoms with van der Waals surface area (Å²) in [5.74, 6) is -1.99. The van der Waals surface area contributed by atoms with Crippen molar-refractivity contribution in [3.05, 3.63) is 38.3 Å². The SMILES string of the molecule is COc1cc(C2c3sc(=O)n(CC(=O)N4CCCCC4)c3SC3C(=O)NC(=O)C32)ccc1O. The van der Waals surface area contributed by atoms with Crippen molar-refractivity contribution in [2.45, 2.75) is 42.0 Å². The van der Waals surface area contributed by atoms with Gasteiger partial charge in [-0.25, -0.2) is 0 Å². The van der Waals surface area contributed by atoms with E-state index < -0.39 is 28.9 Å². The van der Waals surface area contributed by atoms with Crippen molar-refractivity contribution >= 4 is 40.8 Å². The van der Waals surface area contributed by atoms with Crippen LogP contribution >= 0.6 is 23.1 Å². The van der Waals surface area contributed by atoms with Gasteiger partial charge in [0.1, 0.15) is 11.8 Å². The normalized spacial score (nSPS) is 24.3. The number of ether oxygens (including phenoxy) is 1. The van der Waals surface area contributed by atoms with Gasteiger partial charge in [-0.3, -0.25) is 29.1 Å². The van der Waals surface area contributed by atoms with Crippen LogP contribution in [0.1, 0.15) is 35.6 Å². The van der Waals surface area contributed by atoms with E-state index in [-0.39, 0.29) is 28.8 Å². The van der Waals surface area contributed by atoms with E-state index in [1.165, 1.54) is 29.5 Å². The molecule has 0 saturated carbocycles. The minimum atomic E-state index is -0.708. The number of carbonyl (C=O) groups is 3. The van der Waals surface area contributed by atoms with Crippen LogP contribution in [-0.4, -0.2) is 57.7 Å². The van der Waals surface area contributed by atoms with E-state index in [2.05, 4.69) is 5.32 Å². The predicted octanol–water partition coefficient (Wildman–Crippen LogP) is 1.52. The van der Waals surface area contributed by atoms with Crippen molar-refractivity contribution in [2.24, 2.45) is 5.92 Å². The summed E-state index contributed by atoms with van der Waals surface area (Å²) in [6.07, 6.45) is 3.00. The molecule has 1 aromatic heterocycles. The zero-order valence-corrected chi connectivity index (χ0v) is 19.5. The van der Waals surface area contributed by atoms with E-state index in [0.717, 1.165) is 30.6 Å².